The number of carbonyl (C=O) groups is 2. The maximum atomic E-state index is 13.3. The van der Waals surface area contributed by atoms with E-state index in [2.05, 4.69) is 6.07 Å². The Hall–Kier alpha value is -2.66. The van der Waals surface area contributed by atoms with Crippen LogP contribution < -0.4 is 0 Å². The van der Waals surface area contributed by atoms with Gasteiger partial charge in [-0.15, -0.1) is 11.8 Å². The average Bonchev–Trinajstić information content (AvgIpc) is 2.82. The Labute approximate surface area is 201 Å². The van der Waals surface area contributed by atoms with E-state index in [0.29, 0.717) is 17.0 Å². The highest BCUT2D eigenvalue weighted by molar-refractivity contribution is 8.00. The molecule has 2 heterocycles. The lowest BCUT2D eigenvalue weighted by atomic mass is 9.91. The molecule has 4 rings (SSSR count). The zero-order valence-corrected chi connectivity index (χ0v) is 19.3. The maximum Gasteiger partial charge on any atom is 0.357 e. The Kier molecular flexibility index (Phi) is 6.95. The fraction of sp³-hybridized carbons (Fsp3) is 0.250. The summed E-state index contributed by atoms with van der Waals surface area (Å²) in [5.74, 6) is -1.02. The Morgan fingerprint density at radius 3 is 2.34 bits per heavy atom. The third kappa shape index (κ3) is 4.31. The van der Waals surface area contributed by atoms with Crippen LogP contribution in [-0.4, -0.2) is 32.8 Å². The number of ether oxygens (including phenoxy) is 1. The van der Waals surface area contributed by atoms with E-state index in [1.54, 1.807) is 0 Å². The first-order valence-electron chi connectivity index (χ1n) is 10.1. The fourth-order valence-corrected chi connectivity index (χ4v) is 5.88. The molecule has 0 aliphatic carbocycles. The SMILES string of the molecule is N#CCCC(=S)C1C(=O)N2C(C(=O)OC(c3ccccc3)c3ccccc3)=C(Cl)CS[C@H]12. The van der Waals surface area contributed by atoms with Crippen LogP contribution >= 0.6 is 35.6 Å². The molecule has 2 aliphatic heterocycles. The summed E-state index contributed by atoms with van der Waals surface area (Å²) >= 11 is 13.3. The van der Waals surface area contributed by atoms with Gasteiger partial charge in [0.1, 0.15) is 11.6 Å². The minimum absolute atomic E-state index is 0.0802. The lowest BCUT2D eigenvalue weighted by molar-refractivity contribution is -0.153. The number of halogens is 1. The second kappa shape index (κ2) is 9.86. The first-order valence-corrected chi connectivity index (χ1v) is 11.9. The van der Waals surface area contributed by atoms with Gasteiger partial charge in [-0.05, 0) is 17.5 Å². The molecule has 1 amide bonds. The summed E-state index contributed by atoms with van der Waals surface area (Å²) in [4.78, 5) is 28.2. The normalized spacial score (nSPS) is 19.8. The smallest absolute Gasteiger partial charge is 0.357 e. The number of benzene rings is 2. The van der Waals surface area contributed by atoms with Crippen LogP contribution in [0.2, 0.25) is 0 Å². The van der Waals surface area contributed by atoms with Crippen LogP contribution in [-0.2, 0) is 14.3 Å². The van der Waals surface area contributed by atoms with Gasteiger partial charge in [-0.2, -0.15) is 5.26 Å². The van der Waals surface area contributed by atoms with Gasteiger partial charge in [0.05, 0.1) is 16.5 Å². The van der Waals surface area contributed by atoms with E-state index >= 15 is 0 Å². The van der Waals surface area contributed by atoms with Gasteiger partial charge in [-0.25, -0.2) is 4.79 Å². The van der Waals surface area contributed by atoms with Crippen molar-refractivity contribution in [1.82, 2.24) is 4.90 Å². The predicted octanol–water partition coefficient (Wildman–Crippen LogP) is 4.97. The number of esters is 1. The summed E-state index contributed by atoms with van der Waals surface area (Å²) in [5.41, 5.74) is 1.71. The number of fused-ring (bicyclic) bond motifs is 1. The highest BCUT2D eigenvalue weighted by Crippen LogP contribution is 2.46. The molecule has 0 saturated carbocycles. The summed E-state index contributed by atoms with van der Waals surface area (Å²) in [6, 6.07) is 20.9. The third-order valence-electron chi connectivity index (χ3n) is 5.37. The maximum absolute atomic E-state index is 13.3. The zero-order valence-electron chi connectivity index (χ0n) is 16.9. The summed E-state index contributed by atoms with van der Waals surface area (Å²) in [6.07, 6.45) is 0.00857. The molecule has 1 unspecified atom stereocenters. The molecular formula is C24H19ClN2O3S2. The van der Waals surface area contributed by atoms with Crippen molar-refractivity contribution in [1.29, 1.82) is 5.26 Å². The number of β-lactam (4-membered cyclic amide) rings is 1. The topological polar surface area (TPSA) is 70.4 Å². The summed E-state index contributed by atoms with van der Waals surface area (Å²) in [7, 11) is 0. The van der Waals surface area contributed by atoms with Gasteiger partial charge in [-0.1, -0.05) is 84.5 Å². The molecule has 0 aromatic heterocycles. The van der Waals surface area contributed by atoms with E-state index in [1.807, 2.05) is 60.7 Å². The van der Waals surface area contributed by atoms with Crippen molar-refractivity contribution in [2.75, 3.05) is 5.75 Å². The van der Waals surface area contributed by atoms with Crippen LogP contribution in [0, 0.1) is 17.2 Å². The molecule has 32 heavy (non-hydrogen) atoms. The molecule has 0 spiro atoms. The van der Waals surface area contributed by atoms with Gasteiger partial charge in [-0.3, -0.25) is 9.69 Å². The number of hydrogen-bond acceptors (Lipinski definition) is 6. The lowest BCUT2D eigenvalue weighted by Gasteiger charge is -2.49. The Morgan fingerprint density at radius 1 is 1.19 bits per heavy atom. The van der Waals surface area contributed by atoms with Crippen LogP contribution in [0.3, 0.4) is 0 Å². The van der Waals surface area contributed by atoms with Gasteiger partial charge in [0.15, 0.2) is 6.10 Å². The number of thiocarbonyl (C=S) groups is 1. The standard InChI is InChI=1S/C24H19ClN2O3S2/c25-17-14-32-23-19(18(31)12-7-13-26)22(28)27(23)20(17)24(29)30-21(15-8-3-1-4-9-15)16-10-5-2-6-11-16/h1-6,8-11,19,21,23H,7,12,14H2/t19?,23-/m1/s1. The van der Waals surface area contributed by atoms with E-state index in [1.165, 1.54) is 16.7 Å². The minimum atomic E-state index is -0.646. The molecule has 0 radical (unpaired) electrons. The highest BCUT2D eigenvalue weighted by Gasteiger charge is 2.55. The first-order chi connectivity index (χ1) is 15.5. The second-order valence-electron chi connectivity index (χ2n) is 7.37. The number of nitriles is 1. The number of thioether (sulfide) groups is 1. The number of nitrogens with zero attached hydrogens (tertiary/aromatic N) is 2. The Morgan fingerprint density at radius 2 is 1.78 bits per heavy atom. The molecule has 0 N–H and O–H groups in total. The van der Waals surface area contributed by atoms with Crippen molar-refractivity contribution < 1.29 is 14.3 Å². The van der Waals surface area contributed by atoms with Crippen LogP contribution in [0.15, 0.2) is 71.4 Å². The van der Waals surface area contributed by atoms with Crippen molar-refractivity contribution in [3.05, 3.63) is 82.5 Å². The van der Waals surface area contributed by atoms with Crippen molar-refractivity contribution in [3.8, 4) is 6.07 Å². The van der Waals surface area contributed by atoms with Gasteiger partial charge in [0.25, 0.3) is 0 Å². The first kappa shape index (κ1) is 22.5. The molecule has 162 valence electrons. The van der Waals surface area contributed by atoms with Crippen molar-refractivity contribution in [3.63, 3.8) is 0 Å². The fourth-order valence-electron chi connectivity index (χ4n) is 3.82. The van der Waals surface area contributed by atoms with Crippen molar-refractivity contribution >= 4 is 52.3 Å². The van der Waals surface area contributed by atoms with Crippen molar-refractivity contribution in [2.45, 2.75) is 24.3 Å². The Bertz CT molecular complexity index is 1080. The Balaban J connectivity index is 1.59. The van der Waals surface area contributed by atoms with E-state index in [9.17, 15) is 9.59 Å². The minimum Gasteiger partial charge on any atom is -0.448 e. The van der Waals surface area contributed by atoms with Crippen LogP contribution in [0.1, 0.15) is 30.1 Å². The van der Waals surface area contributed by atoms with Gasteiger partial charge >= 0.3 is 5.97 Å². The highest BCUT2D eigenvalue weighted by atomic mass is 35.5. The van der Waals surface area contributed by atoms with Gasteiger partial charge in [0, 0.05) is 17.0 Å². The van der Waals surface area contributed by atoms with Crippen LogP contribution in [0.4, 0.5) is 0 Å². The van der Waals surface area contributed by atoms with Gasteiger partial charge in [0.2, 0.25) is 5.91 Å². The largest absolute Gasteiger partial charge is 0.448 e. The zero-order chi connectivity index (χ0) is 22.7. The summed E-state index contributed by atoms with van der Waals surface area (Å²) in [6.45, 7) is 0. The third-order valence-corrected chi connectivity index (χ3v) is 7.58. The molecule has 2 atom stereocenters. The van der Waals surface area contributed by atoms with E-state index in [-0.39, 0.29) is 28.4 Å². The molecule has 1 saturated heterocycles. The van der Waals surface area contributed by atoms with E-state index < -0.39 is 18.0 Å². The van der Waals surface area contributed by atoms with Gasteiger partial charge < -0.3 is 4.74 Å². The van der Waals surface area contributed by atoms with E-state index in [4.69, 9.17) is 33.8 Å². The van der Waals surface area contributed by atoms with Crippen molar-refractivity contribution in [2.24, 2.45) is 5.92 Å². The molecular weight excluding hydrogens is 464 g/mol. The number of amides is 1. The lowest BCUT2D eigenvalue weighted by Crippen LogP contribution is -2.63. The molecule has 2 aliphatic rings. The quantitative estimate of drug-likeness (QED) is 0.315. The number of carbonyl (C=O) groups excluding carboxylic acids is 2. The van der Waals surface area contributed by atoms with Crippen LogP contribution in [0.5, 0.6) is 0 Å². The monoisotopic (exact) mass is 482 g/mol. The van der Waals surface area contributed by atoms with E-state index in [0.717, 1.165) is 11.1 Å². The molecule has 5 nitrogen and oxygen atoms in total. The molecule has 1 fully saturated rings. The molecule has 0 bridgehead atoms. The number of hydrogen-bond donors (Lipinski definition) is 0. The molecule has 2 aromatic rings. The summed E-state index contributed by atoms with van der Waals surface area (Å²) < 4.78 is 5.93. The average molecular weight is 483 g/mol. The summed E-state index contributed by atoms with van der Waals surface area (Å²) in [5, 5.41) is 8.79. The molecule has 8 heteroatoms. The molecule has 2 aromatic carbocycles. The number of rotatable bonds is 7. The second-order valence-corrected chi connectivity index (χ2v) is 9.46. The predicted molar refractivity (Wildman–Crippen MR) is 128 cm³/mol. The van der Waals surface area contributed by atoms with Crippen LogP contribution in [0.25, 0.3) is 0 Å².